The second-order valence-electron chi connectivity index (χ2n) is 7.30. The third-order valence-corrected chi connectivity index (χ3v) is 4.39. The quantitative estimate of drug-likeness (QED) is 0.756. The number of esters is 1. The minimum Gasteiger partial charge on any atom is -0.464 e. The normalized spacial score (nSPS) is 23.7. The zero-order valence-corrected chi connectivity index (χ0v) is 14.7. The van der Waals surface area contributed by atoms with Crippen molar-refractivity contribution in [3.63, 3.8) is 0 Å². The van der Waals surface area contributed by atoms with Gasteiger partial charge < -0.3 is 14.4 Å². The molecule has 4 heteroatoms. The summed E-state index contributed by atoms with van der Waals surface area (Å²) < 4.78 is 11.5. The Bertz CT molecular complexity index is 499. The highest BCUT2D eigenvalue weighted by molar-refractivity contribution is 5.73. The van der Waals surface area contributed by atoms with Gasteiger partial charge >= 0.3 is 5.97 Å². The van der Waals surface area contributed by atoms with E-state index < -0.39 is 0 Å². The number of hydrogen-bond acceptors (Lipinski definition) is 4. The lowest BCUT2D eigenvalue weighted by Gasteiger charge is -2.39. The Morgan fingerprint density at radius 1 is 1.30 bits per heavy atom. The van der Waals surface area contributed by atoms with E-state index >= 15 is 0 Å². The molecule has 1 aromatic rings. The molecule has 23 heavy (non-hydrogen) atoms. The van der Waals surface area contributed by atoms with Gasteiger partial charge in [0.15, 0.2) is 0 Å². The van der Waals surface area contributed by atoms with Gasteiger partial charge in [0.2, 0.25) is 0 Å². The van der Waals surface area contributed by atoms with Gasteiger partial charge in [0.1, 0.15) is 6.61 Å². The van der Waals surface area contributed by atoms with Gasteiger partial charge in [0.25, 0.3) is 0 Å². The maximum absolute atomic E-state index is 12.6. The number of hydrogen-bond donors (Lipinski definition) is 0. The summed E-state index contributed by atoms with van der Waals surface area (Å²) in [7, 11) is 3.95. The minimum atomic E-state index is -0.265. The van der Waals surface area contributed by atoms with Crippen LogP contribution in [0.2, 0.25) is 0 Å². The summed E-state index contributed by atoms with van der Waals surface area (Å²) in [6, 6.07) is 10.3. The highest BCUT2D eigenvalue weighted by Crippen LogP contribution is 2.35. The van der Waals surface area contributed by atoms with E-state index in [9.17, 15) is 4.79 Å². The van der Waals surface area contributed by atoms with Crippen molar-refractivity contribution in [1.29, 1.82) is 0 Å². The Morgan fingerprint density at radius 2 is 2.00 bits per heavy atom. The van der Waals surface area contributed by atoms with Crippen molar-refractivity contribution in [2.75, 3.05) is 33.9 Å². The number of ether oxygens (including phenoxy) is 2. The molecule has 2 unspecified atom stereocenters. The smallest absolute Gasteiger partial charge is 0.309 e. The third-order valence-electron chi connectivity index (χ3n) is 4.39. The van der Waals surface area contributed by atoms with Crippen molar-refractivity contribution >= 4 is 5.97 Å². The third kappa shape index (κ3) is 5.63. The molecular formula is C19H29NO3. The van der Waals surface area contributed by atoms with Crippen molar-refractivity contribution in [1.82, 2.24) is 4.90 Å². The average molecular weight is 319 g/mol. The van der Waals surface area contributed by atoms with Crippen molar-refractivity contribution in [3.8, 4) is 0 Å². The lowest BCUT2D eigenvalue weighted by atomic mass is 9.78. The molecule has 1 saturated heterocycles. The maximum Gasteiger partial charge on any atom is 0.309 e. The molecule has 1 aromatic carbocycles. The van der Waals surface area contributed by atoms with Crippen LogP contribution in [0.3, 0.4) is 0 Å². The van der Waals surface area contributed by atoms with Crippen molar-refractivity contribution in [2.24, 2.45) is 11.8 Å². The zero-order valence-electron chi connectivity index (χ0n) is 14.7. The molecule has 1 heterocycles. The Morgan fingerprint density at radius 3 is 2.65 bits per heavy atom. The van der Waals surface area contributed by atoms with Gasteiger partial charge in [-0.25, -0.2) is 0 Å². The van der Waals surface area contributed by atoms with E-state index in [4.69, 9.17) is 9.47 Å². The van der Waals surface area contributed by atoms with Crippen LogP contribution in [0.1, 0.15) is 25.8 Å². The fourth-order valence-corrected chi connectivity index (χ4v) is 3.03. The molecular weight excluding hydrogens is 290 g/mol. The summed E-state index contributed by atoms with van der Waals surface area (Å²) in [5.41, 5.74) is 0.977. The van der Waals surface area contributed by atoms with Gasteiger partial charge in [0.05, 0.1) is 18.1 Å². The molecule has 0 amide bonds. The number of rotatable bonds is 6. The second kappa shape index (κ2) is 7.93. The Hall–Kier alpha value is -1.39. The van der Waals surface area contributed by atoms with Crippen LogP contribution in [0.4, 0.5) is 0 Å². The predicted octanol–water partition coefficient (Wildman–Crippen LogP) is 2.77. The summed E-state index contributed by atoms with van der Waals surface area (Å²) in [5.74, 6) is 0.00237. The average Bonchev–Trinajstić information content (AvgIpc) is 2.49. The van der Waals surface area contributed by atoms with Crippen molar-refractivity contribution in [2.45, 2.75) is 32.3 Å². The Kier molecular flexibility index (Phi) is 6.19. The lowest BCUT2D eigenvalue weighted by Crippen LogP contribution is -2.44. The van der Waals surface area contributed by atoms with Gasteiger partial charge in [-0.3, -0.25) is 4.79 Å². The zero-order chi connectivity index (χ0) is 16.9. The van der Waals surface area contributed by atoms with E-state index in [1.807, 2.05) is 51.0 Å². The number of benzene rings is 1. The monoisotopic (exact) mass is 319 g/mol. The molecule has 1 fully saturated rings. The minimum absolute atomic E-state index is 0.0795. The van der Waals surface area contributed by atoms with Crippen molar-refractivity contribution < 1.29 is 14.3 Å². The van der Waals surface area contributed by atoms with E-state index in [-0.39, 0.29) is 23.4 Å². The van der Waals surface area contributed by atoms with E-state index in [1.165, 1.54) is 5.56 Å². The molecule has 0 aliphatic carbocycles. The molecule has 0 saturated carbocycles. The highest BCUT2D eigenvalue weighted by atomic mass is 16.5. The van der Waals surface area contributed by atoms with Gasteiger partial charge in [-0.05, 0) is 52.3 Å². The molecule has 128 valence electrons. The summed E-state index contributed by atoms with van der Waals surface area (Å²) in [6.45, 7) is 5.90. The SMILES string of the molecule is CN(C)CCOC(=O)C1CC(C)(C)OCC1Cc1ccccc1. The van der Waals surface area contributed by atoms with Gasteiger partial charge in [0, 0.05) is 6.54 Å². The second-order valence-corrected chi connectivity index (χ2v) is 7.30. The molecule has 0 radical (unpaired) electrons. The Balaban J connectivity index is 2.01. The van der Waals surface area contributed by atoms with Crippen LogP contribution in [0.5, 0.6) is 0 Å². The summed E-state index contributed by atoms with van der Waals surface area (Å²) in [6.07, 6.45) is 1.57. The van der Waals surface area contributed by atoms with E-state index in [0.29, 0.717) is 19.6 Å². The molecule has 1 aliphatic rings. The standard InChI is InChI=1S/C19H29NO3/c1-19(2)13-17(18(21)22-11-10-20(3)4)16(14-23-19)12-15-8-6-5-7-9-15/h5-9,16-17H,10-14H2,1-4H3. The topological polar surface area (TPSA) is 38.8 Å². The van der Waals surface area contributed by atoms with Crippen LogP contribution in [-0.2, 0) is 20.7 Å². The molecule has 2 atom stereocenters. The fraction of sp³-hybridized carbons (Fsp3) is 0.632. The predicted molar refractivity (Wildman–Crippen MR) is 91.3 cm³/mol. The first-order valence-corrected chi connectivity index (χ1v) is 8.36. The van der Waals surface area contributed by atoms with Crippen LogP contribution in [0, 0.1) is 11.8 Å². The van der Waals surface area contributed by atoms with Gasteiger partial charge in [-0.15, -0.1) is 0 Å². The molecule has 1 aliphatic heterocycles. The van der Waals surface area contributed by atoms with Gasteiger partial charge in [-0.1, -0.05) is 30.3 Å². The largest absolute Gasteiger partial charge is 0.464 e. The van der Waals surface area contributed by atoms with E-state index in [0.717, 1.165) is 13.0 Å². The molecule has 2 rings (SSSR count). The Labute approximate surface area is 139 Å². The maximum atomic E-state index is 12.6. The lowest BCUT2D eigenvalue weighted by molar-refractivity contribution is -0.165. The molecule has 0 spiro atoms. The molecule has 0 aromatic heterocycles. The van der Waals surface area contributed by atoms with Crippen LogP contribution in [0.25, 0.3) is 0 Å². The number of likely N-dealkylation sites (N-methyl/N-ethyl adjacent to an activating group) is 1. The number of nitrogens with zero attached hydrogens (tertiary/aromatic N) is 1. The summed E-state index contributed by atoms with van der Waals surface area (Å²) in [4.78, 5) is 14.6. The van der Waals surface area contributed by atoms with Crippen LogP contribution >= 0.6 is 0 Å². The van der Waals surface area contributed by atoms with Gasteiger partial charge in [-0.2, -0.15) is 0 Å². The summed E-state index contributed by atoms with van der Waals surface area (Å²) >= 11 is 0. The molecule has 0 bridgehead atoms. The first-order chi connectivity index (χ1) is 10.9. The number of carbonyl (C=O) groups is 1. The van der Waals surface area contributed by atoms with E-state index in [1.54, 1.807) is 0 Å². The van der Waals surface area contributed by atoms with Crippen LogP contribution in [0.15, 0.2) is 30.3 Å². The van der Waals surface area contributed by atoms with Crippen LogP contribution in [-0.4, -0.2) is 50.3 Å². The van der Waals surface area contributed by atoms with Crippen molar-refractivity contribution in [3.05, 3.63) is 35.9 Å². The molecule has 4 nitrogen and oxygen atoms in total. The first kappa shape index (κ1) is 18.0. The number of carbonyl (C=O) groups excluding carboxylic acids is 1. The van der Waals surface area contributed by atoms with Crippen LogP contribution < -0.4 is 0 Å². The fourth-order valence-electron chi connectivity index (χ4n) is 3.03. The highest BCUT2D eigenvalue weighted by Gasteiger charge is 2.40. The summed E-state index contributed by atoms with van der Waals surface area (Å²) in [5, 5.41) is 0. The molecule has 0 N–H and O–H groups in total. The van der Waals surface area contributed by atoms with E-state index in [2.05, 4.69) is 12.1 Å². The first-order valence-electron chi connectivity index (χ1n) is 8.36.